The summed E-state index contributed by atoms with van der Waals surface area (Å²) in [4.78, 5) is 11.7. The molecule has 0 amide bonds. The molecule has 0 saturated carbocycles. The van der Waals surface area contributed by atoms with Gasteiger partial charge in [-0.25, -0.2) is 9.98 Å². The minimum Gasteiger partial charge on any atom is -0.246 e. The van der Waals surface area contributed by atoms with Gasteiger partial charge in [0.25, 0.3) is 0 Å². The van der Waals surface area contributed by atoms with Crippen LogP contribution < -0.4 is 0 Å². The molecule has 8 aromatic rings. The van der Waals surface area contributed by atoms with Gasteiger partial charge in [0, 0.05) is 33.4 Å². The number of para-hydroxylation sites is 1. The van der Waals surface area contributed by atoms with Crippen LogP contribution in [-0.4, -0.2) is 11.4 Å². The first-order valence-electron chi connectivity index (χ1n) is 20.0. The van der Waals surface area contributed by atoms with Crippen LogP contribution in [0.2, 0.25) is 5.02 Å². The quantitative estimate of drug-likeness (QED) is 0.124. The molecule has 9 rings (SSSR count). The first-order chi connectivity index (χ1) is 28.1. The summed E-state index contributed by atoms with van der Waals surface area (Å²) in [5.41, 5.74) is 15.2. The molecule has 1 aliphatic rings. The Balaban J connectivity index is 1.42. The van der Waals surface area contributed by atoms with Gasteiger partial charge in [-0.1, -0.05) is 201 Å². The molecule has 0 spiro atoms. The van der Waals surface area contributed by atoms with Crippen LogP contribution in [0.3, 0.4) is 0 Å². The molecule has 0 heterocycles. The molecule has 0 fully saturated rings. The highest BCUT2D eigenvalue weighted by Gasteiger charge is 2.32. The smallest absolute Gasteiger partial charge is 0.0979 e. The summed E-state index contributed by atoms with van der Waals surface area (Å²) in [5.74, 6) is -0.298. The summed E-state index contributed by atoms with van der Waals surface area (Å²) >= 11 is 7.35. The predicted octanol–water partition coefficient (Wildman–Crippen LogP) is 14.2. The molecule has 0 aliphatic heterocycles. The van der Waals surface area contributed by atoms with Crippen LogP contribution in [0.15, 0.2) is 198 Å². The van der Waals surface area contributed by atoms with Crippen LogP contribution in [0.4, 0.5) is 11.4 Å². The third-order valence-electron chi connectivity index (χ3n) is 11.3. The van der Waals surface area contributed by atoms with E-state index in [1.54, 1.807) is 0 Å². The Kier molecular flexibility index (Phi) is 10.2. The molecule has 57 heavy (non-hydrogen) atoms. The molecule has 0 unspecified atom stereocenters. The fraction of sp³-hybridized carbons (Fsp3) is 0.111. The van der Waals surface area contributed by atoms with E-state index in [0.717, 1.165) is 57.9 Å². The fourth-order valence-electron chi connectivity index (χ4n) is 8.70. The van der Waals surface area contributed by atoms with Crippen molar-refractivity contribution in [3.63, 3.8) is 0 Å². The highest BCUT2D eigenvalue weighted by Crippen LogP contribution is 2.47. The lowest BCUT2D eigenvalue weighted by Gasteiger charge is -2.27. The Bertz CT molecular complexity index is 2540. The van der Waals surface area contributed by atoms with E-state index in [4.69, 9.17) is 21.6 Å². The van der Waals surface area contributed by atoms with Crippen LogP contribution in [0, 0.1) is 0 Å². The topological polar surface area (TPSA) is 24.7 Å². The normalized spacial score (nSPS) is 13.7. The molecular weight excluding hydrogens is 712 g/mol. The van der Waals surface area contributed by atoms with E-state index in [0.29, 0.717) is 5.02 Å². The number of hydrogen-bond acceptors (Lipinski definition) is 2. The largest absolute Gasteiger partial charge is 0.246 e. The number of nitrogens with zero attached hydrogens (tertiary/aromatic N) is 2. The third kappa shape index (κ3) is 6.92. The molecular formula is C54H43ClN2. The van der Waals surface area contributed by atoms with Gasteiger partial charge in [0.15, 0.2) is 0 Å². The van der Waals surface area contributed by atoms with E-state index in [1.165, 1.54) is 44.2 Å². The van der Waals surface area contributed by atoms with Gasteiger partial charge in [0.05, 0.1) is 22.8 Å². The summed E-state index contributed by atoms with van der Waals surface area (Å²) in [6.45, 7) is 4.43. The zero-order valence-electron chi connectivity index (χ0n) is 32.2. The van der Waals surface area contributed by atoms with Gasteiger partial charge in [0.1, 0.15) is 0 Å². The maximum absolute atomic E-state index is 7.35. The van der Waals surface area contributed by atoms with Crippen molar-refractivity contribution in [2.45, 2.75) is 38.5 Å². The van der Waals surface area contributed by atoms with Crippen molar-refractivity contribution in [2.24, 2.45) is 9.98 Å². The average Bonchev–Trinajstić information content (AvgIpc) is 3.56. The number of rotatable bonds is 10. The second-order valence-electron chi connectivity index (χ2n) is 14.7. The lowest BCUT2D eigenvalue weighted by atomic mass is 9.79. The van der Waals surface area contributed by atoms with E-state index < -0.39 is 0 Å². The second-order valence-corrected chi connectivity index (χ2v) is 15.1. The summed E-state index contributed by atoms with van der Waals surface area (Å²) in [5, 5.41) is 3.04. The summed E-state index contributed by atoms with van der Waals surface area (Å²) in [6, 6.07) is 67.0. The summed E-state index contributed by atoms with van der Waals surface area (Å²) in [7, 11) is 0. The number of aliphatic imine (C=N–C) groups is 2. The van der Waals surface area contributed by atoms with E-state index in [1.807, 2.05) is 0 Å². The van der Waals surface area contributed by atoms with Crippen LogP contribution in [0.1, 0.15) is 81.3 Å². The van der Waals surface area contributed by atoms with Gasteiger partial charge >= 0.3 is 0 Å². The lowest BCUT2D eigenvalue weighted by Crippen LogP contribution is -2.13. The molecule has 1 aliphatic carbocycles. The van der Waals surface area contributed by atoms with Crippen molar-refractivity contribution in [2.75, 3.05) is 0 Å². The van der Waals surface area contributed by atoms with Crippen LogP contribution in [0.25, 0.3) is 10.8 Å². The van der Waals surface area contributed by atoms with Gasteiger partial charge in [-0.2, -0.15) is 0 Å². The molecule has 0 radical (unpaired) electrons. The highest BCUT2D eigenvalue weighted by atomic mass is 35.5. The van der Waals surface area contributed by atoms with E-state index in [-0.39, 0.29) is 11.8 Å². The Morgan fingerprint density at radius 1 is 0.421 bits per heavy atom. The molecule has 0 aromatic heterocycles. The zero-order chi connectivity index (χ0) is 38.7. The zero-order valence-corrected chi connectivity index (χ0v) is 33.0. The standard InChI is InChI=1S/C54H43ClN2/c1-3-36-28-17-29-37(4-2)51(36)56-53-44-32-18-30-42-31-19-33-45(50(42)44)54(53)57-52-46(48(38-20-9-5-10-21-38)39-22-11-6-12-23-39)34-43(55)35-47(52)49(40-24-13-7-14-25-40)41-26-15-8-16-27-41/h5-35,48-49H,3-4H2,1-2H3. The maximum Gasteiger partial charge on any atom is 0.0979 e. The molecule has 0 bridgehead atoms. The van der Waals surface area contributed by atoms with Crippen molar-refractivity contribution in [1.82, 2.24) is 0 Å². The van der Waals surface area contributed by atoms with Crippen molar-refractivity contribution in [1.29, 1.82) is 0 Å². The first-order valence-corrected chi connectivity index (χ1v) is 20.3. The van der Waals surface area contributed by atoms with Gasteiger partial charge in [-0.3, -0.25) is 0 Å². The van der Waals surface area contributed by atoms with Gasteiger partial charge in [-0.05, 0) is 74.9 Å². The van der Waals surface area contributed by atoms with Crippen LogP contribution in [-0.2, 0) is 12.8 Å². The summed E-state index contributed by atoms with van der Waals surface area (Å²) < 4.78 is 0. The monoisotopic (exact) mass is 754 g/mol. The Hall–Kier alpha value is -6.35. The van der Waals surface area contributed by atoms with E-state index >= 15 is 0 Å². The first kappa shape index (κ1) is 36.3. The van der Waals surface area contributed by atoms with Crippen molar-refractivity contribution >= 4 is 45.2 Å². The molecule has 0 N–H and O–H groups in total. The van der Waals surface area contributed by atoms with E-state index in [9.17, 15) is 0 Å². The van der Waals surface area contributed by atoms with Crippen molar-refractivity contribution in [3.8, 4) is 0 Å². The average molecular weight is 755 g/mol. The minimum absolute atomic E-state index is 0.149. The molecule has 8 aromatic carbocycles. The number of benzene rings is 8. The highest BCUT2D eigenvalue weighted by molar-refractivity contribution is 6.61. The third-order valence-corrected chi connectivity index (χ3v) is 11.6. The summed E-state index contributed by atoms with van der Waals surface area (Å²) in [6.07, 6.45) is 1.78. The van der Waals surface area contributed by atoms with Gasteiger partial charge in [0.2, 0.25) is 0 Å². The number of hydrogen-bond donors (Lipinski definition) is 0. The predicted molar refractivity (Wildman–Crippen MR) is 241 cm³/mol. The van der Waals surface area contributed by atoms with E-state index in [2.05, 4.69) is 202 Å². The SMILES string of the molecule is CCc1cccc(CC)c1N=C1C(=Nc2c(C(c3ccccc3)c3ccccc3)cc(Cl)cc2C(c2ccccc2)c2ccccc2)c2cccc3cccc1c23. The molecule has 0 saturated heterocycles. The Labute approximate surface area is 340 Å². The van der Waals surface area contributed by atoms with Gasteiger partial charge < -0.3 is 0 Å². The molecule has 0 atom stereocenters. The molecule has 3 heteroatoms. The van der Waals surface area contributed by atoms with Crippen molar-refractivity contribution in [3.05, 3.63) is 249 Å². The fourth-order valence-corrected chi connectivity index (χ4v) is 8.93. The number of halogens is 1. The number of aryl methyl sites for hydroxylation is 2. The van der Waals surface area contributed by atoms with Gasteiger partial charge in [-0.15, -0.1) is 0 Å². The Morgan fingerprint density at radius 3 is 1.18 bits per heavy atom. The molecule has 2 nitrogen and oxygen atoms in total. The lowest BCUT2D eigenvalue weighted by molar-refractivity contribution is 0.939. The van der Waals surface area contributed by atoms with Crippen LogP contribution >= 0.6 is 11.6 Å². The maximum atomic E-state index is 7.35. The van der Waals surface area contributed by atoms with Crippen molar-refractivity contribution < 1.29 is 0 Å². The van der Waals surface area contributed by atoms with Crippen LogP contribution in [0.5, 0.6) is 0 Å². The minimum atomic E-state index is -0.149. The second kappa shape index (κ2) is 16.0. The molecule has 276 valence electrons. The Morgan fingerprint density at radius 2 is 0.789 bits per heavy atom.